The zero-order valence-corrected chi connectivity index (χ0v) is 22.4. The minimum atomic E-state index is -0.674. The molecule has 3 aromatic rings. The molecule has 0 saturated carbocycles. The van der Waals surface area contributed by atoms with Gasteiger partial charge >= 0.3 is 5.97 Å². The topological polar surface area (TPSA) is 101 Å². The Balaban J connectivity index is 1.39. The van der Waals surface area contributed by atoms with Crippen LogP contribution in [0.2, 0.25) is 5.02 Å². The molecule has 10 heteroatoms. The summed E-state index contributed by atoms with van der Waals surface area (Å²) in [6.07, 6.45) is 2.76. The summed E-state index contributed by atoms with van der Waals surface area (Å²) < 4.78 is 5.33. The molecule has 2 aromatic carbocycles. The zero-order valence-electron chi connectivity index (χ0n) is 20.8. The van der Waals surface area contributed by atoms with Crippen molar-refractivity contribution in [1.29, 1.82) is 0 Å². The number of ether oxygens (including phenoxy) is 1. The molecule has 1 aliphatic heterocycles. The van der Waals surface area contributed by atoms with Crippen LogP contribution >= 0.6 is 22.9 Å². The summed E-state index contributed by atoms with van der Waals surface area (Å²) in [6.45, 7) is 1.36. The highest BCUT2D eigenvalue weighted by Crippen LogP contribution is 2.38. The molecule has 0 unspecified atom stereocenters. The number of allylic oxidation sites excluding steroid dienone is 2. The normalized spacial score (nSPS) is 18.4. The van der Waals surface area contributed by atoms with Crippen molar-refractivity contribution in [1.82, 2.24) is 10.0 Å². The number of rotatable bonds is 7. The number of halogens is 1. The number of carbonyl (C=O) groups excluding carboxylic acids is 5. The maximum absolute atomic E-state index is 13.6. The van der Waals surface area contributed by atoms with Crippen molar-refractivity contribution < 1.29 is 28.7 Å². The molecular weight excluding hydrogens is 540 g/mol. The number of esters is 1. The second-order valence-corrected chi connectivity index (χ2v) is 10.8. The standard InChI is InChI=1S/C29H23ClN2O6S/c1-17-4-13-22-23(15-17)28(36)32(27(22)35)31(26(34)19-5-9-20(30)10-6-19)16-24(33)18-7-11-21(12-8-18)38-29(37)25-3-2-14-39-25/h2-12,14,22-23H,13,15-16H2,1H3/t22-,23+/m1/s1. The monoisotopic (exact) mass is 562 g/mol. The molecule has 39 heavy (non-hydrogen) atoms. The predicted octanol–water partition coefficient (Wildman–Crippen LogP) is 5.20. The Hall–Kier alpha value is -4.08. The van der Waals surface area contributed by atoms with Crippen LogP contribution in [0.25, 0.3) is 0 Å². The number of thiophene rings is 1. The van der Waals surface area contributed by atoms with E-state index in [-0.39, 0.29) is 16.9 Å². The van der Waals surface area contributed by atoms with Gasteiger partial charge in [0.15, 0.2) is 5.78 Å². The van der Waals surface area contributed by atoms with Crippen LogP contribution in [0.5, 0.6) is 5.75 Å². The molecule has 0 spiro atoms. The molecule has 198 valence electrons. The second-order valence-electron chi connectivity index (χ2n) is 9.38. The van der Waals surface area contributed by atoms with Crippen LogP contribution in [0.3, 0.4) is 0 Å². The maximum atomic E-state index is 13.6. The summed E-state index contributed by atoms with van der Waals surface area (Å²) >= 11 is 7.22. The van der Waals surface area contributed by atoms with Gasteiger partial charge in [-0.05, 0) is 79.7 Å². The first-order valence-electron chi connectivity index (χ1n) is 12.2. The molecule has 0 N–H and O–H groups in total. The lowest BCUT2D eigenvalue weighted by Crippen LogP contribution is -2.52. The average Bonchev–Trinajstić information content (AvgIpc) is 3.55. The third-order valence-corrected chi connectivity index (χ3v) is 7.87. The number of benzene rings is 2. The summed E-state index contributed by atoms with van der Waals surface area (Å²) in [6, 6.07) is 15.2. The van der Waals surface area contributed by atoms with Gasteiger partial charge in [0.2, 0.25) is 0 Å². The van der Waals surface area contributed by atoms with E-state index in [9.17, 15) is 24.0 Å². The molecule has 0 bridgehead atoms. The van der Waals surface area contributed by atoms with Gasteiger partial charge in [-0.2, -0.15) is 5.01 Å². The van der Waals surface area contributed by atoms with Crippen LogP contribution in [-0.4, -0.2) is 46.0 Å². The molecule has 0 radical (unpaired) electrons. The van der Waals surface area contributed by atoms with Crippen LogP contribution in [0, 0.1) is 11.8 Å². The summed E-state index contributed by atoms with van der Waals surface area (Å²) in [5, 5.41) is 3.94. The third kappa shape index (κ3) is 5.41. The Kier molecular flexibility index (Phi) is 7.45. The number of hydrogen-bond donors (Lipinski definition) is 0. The number of hydrazine groups is 1. The number of fused-ring (bicyclic) bond motifs is 1. The van der Waals surface area contributed by atoms with Gasteiger partial charge in [-0.1, -0.05) is 29.3 Å². The Labute approximate surface area is 233 Å². The molecule has 5 rings (SSSR count). The van der Waals surface area contributed by atoms with Gasteiger partial charge in [0.05, 0.1) is 11.8 Å². The van der Waals surface area contributed by atoms with Gasteiger partial charge in [0, 0.05) is 16.1 Å². The highest BCUT2D eigenvalue weighted by atomic mass is 35.5. The van der Waals surface area contributed by atoms with Gasteiger partial charge in [-0.25, -0.2) is 9.80 Å². The van der Waals surface area contributed by atoms with Crippen molar-refractivity contribution in [3.8, 4) is 5.75 Å². The van der Waals surface area contributed by atoms with Crippen molar-refractivity contribution >= 4 is 52.4 Å². The quantitative estimate of drug-likeness (QED) is 0.129. The zero-order chi connectivity index (χ0) is 27.7. The minimum absolute atomic E-state index is 0.174. The van der Waals surface area contributed by atoms with E-state index in [0.717, 1.165) is 15.6 Å². The van der Waals surface area contributed by atoms with E-state index in [4.69, 9.17) is 16.3 Å². The number of nitrogens with zero attached hydrogens (tertiary/aromatic N) is 2. The fourth-order valence-electron chi connectivity index (χ4n) is 4.72. The number of ketones is 1. The lowest BCUT2D eigenvalue weighted by atomic mass is 9.82. The van der Waals surface area contributed by atoms with Crippen molar-refractivity contribution in [3.05, 3.63) is 98.7 Å². The van der Waals surface area contributed by atoms with Crippen LogP contribution in [0.15, 0.2) is 77.7 Å². The molecule has 2 heterocycles. The summed E-state index contributed by atoms with van der Waals surface area (Å²) in [4.78, 5) is 66.3. The number of Topliss-reactive ketones (excluding diaryl/α,β-unsaturated/α-hetero) is 1. The van der Waals surface area contributed by atoms with E-state index in [1.165, 1.54) is 59.9 Å². The Bertz CT molecular complexity index is 1480. The van der Waals surface area contributed by atoms with E-state index in [0.29, 0.717) is 22.7 Å². The van der Waals surface area contributed by atoms with Gasteiger partial charge in [0.1, 0.15) is 17.2 Å². The van der Waals surface area contributed by atoms with E-state index in [2.05, 4.69) is 0 Å². The molecule has 2 aliphatic rings. The third-order valence-electron chi connectivity index (χ3n) is 6.77. The number of amides is 3. The molecule has 1 saturated heterocycles. The minimum Gasteiger partial charge on any atom is -0.422 e. The lowest BCUT2D eigenvalue weighted by molar-refractivity contribution is -0.154. The van der Waals surface area contributed by atoms with Gasteiger partial charge in [-0.3, -0.25) is 19.2 Å². The van der Waals surface area contributed by atoms with Crippen LogP contribution in [0.1, 0.15) is 50.2 Å². The highest BCUT2D eigenvalue weighted by Gasteiger charge is 2.51. The fraction of sp³-hybridized carbons (Fsp3) is 0.207. The maximum Gasteiger partial charge on any atom is 0.353 e. The molecule has 1 fully saturated rings. The molecular formula is C29H23ClN2O6S. The van der Waals surface area contributed by atoms with Gasteiger partial charge in [-0.15, -0.1) is 11.3 Å². The number of hydrogen-bond acceptors (Lipinski definition) is 7. The number of carbonyl (C=O) groups is 5. The smallest absolute Gasteiger partial charge is 0.353 e. The van der Waals surface area contributed by atoms with E-state index in [1.807, 2.05) is 13.0 Å². The Morgan fingerprint density at radius 2 is 1.64 bits per heavy atom. The second kappa shape index (κ2) is 11.0. The first-order valence-corrected chi connectivity index (χ1v) is 13.5. The fourth-order valence-corrected chi connectivity index (χ4v) is 5.45. The van der Waals surface area contributed by atoms with Crippen molar-refractivity contribution in [2.24, 2.45) is 11.8 Å². The van der Waals surface area contributed by atoms with Crippen molar-refractivity contribution in [2.45, 2.75) is 19.8 Å². The van der Waals surface area contributed by atoms with Crippen LogP contribution < -0.4 is 4.74 Å². The van der Waals surface area contributed by atoms with Crippen molar-refractivity contribution in [2.75, 3.05) is 6.54 Å². The molecule has 1 aliphatic carbocycles. The Morgan fingerprint density at radius 3 is 2.31 bits per heavy atom. The summed E-state index contributed by atoms with van der Waals surface area (Å²) in [5.41, 5.74) is 1.40. The summed E-state index contributed by atoms with van der Waals surface area (Å²) in [7, 11) is 0. The predicted molar refractivity (Wildman–Crippen MR) is 144 cm³/mol. The molecule has 8 nitrogen and oxygen atoms in total. The van der Waals surface area contributed by atoms with E-state index >= 15 is 0 Å². The van der Waals surface area contributed by atoms with Crippen LogP contribution in [0.4, 0.5) is 0 Å². The Morgan fingerprint density at radius 1 is 0.974 bits per heavy atom. The molecule has 2 atom stereocenters. The number of imide groups is 1. The average molecular weight is 563 g/mol. The van der Waals surface area contributed by atoms with Gasteiger partial charge < -0.3 is 4.74 Å². The largest absolute Gasteiger partial charge is 0.422 e. The molecule has 3 amide bonds. The first kappa shape index (κ1) is 26.5. The van der Waals surface area contributed by atoms with Gasteiger partial charge in [0.25, 0.3) is 17.7 Å². The van der Waals surface area contributed by atoms with E-state index < -0.39 is 47.9 Å². The highest BCUT2D eigenvalue weighted by molar-refractivity contribution is 7.12. The molecule has 1 aromatic heterocycles. The van der Waals surface area contributed by atoms with Crippen molar-refractivity contribution in [3.63, 3.8) is 0 Å². The lowest BCUT2D eigenvalue weighted by Gasteiger charge is -2.30. The SMILES string of the molecule is CC1=CC[C@H]2C(=O)N(N(CC(=O)c3ccc(OC(=O)c4cccs4)cc3)C(=O)c3ccc(Cl)cc3)C(=O)[C@H]2C1. The van der Waals surface area contributed by atoms with Crippen LogP contribution in [-0.2, 0) is 9.59 Å². The van der Waals surface area contributed by atoms with E-state index in [1.54, 1.807) is 17.5 Å². The summed E-state index contributed by atoms with van der Waals surface area (Å²) in [5.74, 6) is -3.59. The first-order chi connectivity index (χ1) is 18.7.